The van der Waals surface area contributed by atoms with Gasteiger partial charge in [-0.1, -0.05) is 30.3 Å². The van der Waals surface area contributed by atoms with Crippen LogP contribution in [0.4, 0.5) is 5.69 Å². The molecule has 1 atom stereocenters. The Labute approximate surface area is 168 Å². The second-order valence-corrected chi connectivity index (χ2v) is 7.83. The Morgan fingerprint density at radius 2 is 1.86 bits per heavy atom. The van der Waals surface area contributed by atoms with Crippen molar-refractivity contribution in [3.8, 4) is 17.2 Å². The van der Waals surface area contributed by atoms with E-state index in [1.165, 1.54) is 0 Å². The molecule has 29 heavy (non-hydrogen) atoms. The van der Waals surface area contributed by atoms with Crippen LogP contribution in [0, 0.1) is 0 Å². The van der Waals surface area contributed by atoms with Gasteiger partial charge in [0.05, 0.1) is 13.2 Å². The topological polar surface area (TPSA) is 59.0 Å². The summed E-state index contributed by atoms with van der Waals surface area (Å²) in [6.07, 6.45) is 0.849. The third kappa shape index (κ3) is 2.18. The molecule has 1 spiro atoms. The van der Waals surface area contributed by atoms with Gasteiger partial charge < -0.3 is 19.5 Å². The molecule has 1 unspecified atom stereocenters. The fourth-order valence-electron chi connectivity index (χ4n) is 4.84. The second-order valence-electron chi connectivity index (χ2n) is 7.83. The molecule has 3 heterocycles. The number of rotatable bonds is 2. The quantitative estimate of drug-likeness (QED) is 0.733. The lowest BCUT2D eigenvalue weighted by molar-refractivity contribution is -0.122. The number of aromatic hydroxyl groups is 1. The summed E-state index contributed by atoms with van der Waals surface area (Å²) in [4.78, 5) is 15.7. The van der Waals surface area contributed by atoms with Gasteiger partial charge in [-0.2, -0.15) is 0 Å². The van der Waals surface area contributed by atoms with Gasteiger partial charge in [0.1, 0.15) is 29.3 Å². The van der Waals surface area contributed by atoms with E-state index in [1.54, 1.807) is 18.2 Å². The number of para-hydroxylation sites is 1. The minimum absolute atomic E-state index is 0.0136. The Bertz CT molecular complexity index is 1170. The largest absolute Gasteiger partial charge is 0.508 e. The zero-order valence-corrected chi connectivity index (χ0v) is 15.7. The highest BCUT2D eigenvalue weighted by molar-refractivity contribution is 6.11. The Kier molecular flexibility index (Phi) is 3.28. The van der Waals surface area contributed by atoms with Crippen LogP contribution in [0.5, 0.6) is 17.2 Å². The number of nitrogens with zero attached hydrogens (tertiary/aromatic N) is 1. The summed E-state index contributed by atoms with van der Waals surface area (Å²) in [5.41, 5.74) is 3.98. The number of fused-ring (bicyclic) bond motifs is 5. The van der Waals surface area contributed by atoms with Gasteiger partial charge in [0.25, 0.3) is 0 Å². The third-order valence-corrected chi connectivity index (χ3v) is 6.21. The molecule has 1 N–H and O–H groups in total. The lowest BCUT2D eigenvalue weighted by Crippen LogP contribution is -2.42. The van der Waals surface area contributed by atoms with Gasteiger partial charge in [-0.05, 0) is 41.0 Å². The maximum Gasteiger partial charge on any atom is 0.246 e. The van der Waals surface area contributed by atoms with E-state index in [9.17, 15) is 9.90 Å². The Hall–Kier alpha value is -3.47. The number of hydrogen-bond acceptors (Lipinski definition) is 4. The van der Waals surface area contributed by atoms with E-state index < -0.39 is 5.41 Å². The SMILES string of the molecule is O=C1N(Cc2cccc(O)c2)c2ccccc2C12COc1cc3c(cc12)CCO3. The number of phenols is 1. The second kappa shape index (κ2) is 5.77. The summed E-state index contributed by atoms with van der Waals surface area (Å²) in [7, 11) is 0. The summed E-state index contributed by atoms with van der Waals surface area (Å²) in [5, 5.41) is 9.84. The highest BCUT2D eigenvalue weighted by Gasteiger charge is 2.57. The molecule has 3 aromatic carbocycles. The molecule has 6 rings (SSSR count). The summed E-state index contributed by atoms with van der Waals surface area (Å²) < 4.78 is 11.7. The standard InChI is InChI=1S/C24H19NO4/c26-17-5-3-4-15(10-17)13-25-20-7-2-1-6-18(20)24(23(25)27)14-29-22-12-21-16(8-9-28-21)11-19(22)24/h1-7,10-12,26H,8-9,13-14H2. The number of ether oxygens (including phenoxy) is 2. The Balaban J connectivity index is 1.50. The molecule has 0 saturated heterocycles. The van der Waals surface area contributed by atoms with Crippen molar-refractivity contribution in [2.45, 2.75) is 18.4 Å². The molecule has 3 aliphatic rings. The lowest BCUT2D eigenvalue weighted by atomic mass is 9.76. The predicted octanol–water partition coefficient (Wildman–Crippen LogP) is 3.55. The van der Waals surface area contributed by atoms with E-state index in [0.717, 1.165) is 45.9 Å². The first-order chi connectivity index (χ1) is 14.2. The average molecular weight is 385 g/mol. The van der Waals surface area contributed by atoms with E-state index in [1.807, 2.05) is 41.3 Å². The van der Waals surface area contributed by atoms with E-state index in [2.05, 4.69) is 6.07 Å². The molecule has 0 fully saturated rings. The highest BCUT2D eigenvalue weighted by Crippen LogP contribution is 2.54. The van der Waals surface area contributed by atoms with Crippen LogP contribution >= 0.6 is 0 Å². The third-order valence-electron chi connectivity index (χ3n) is 6.21. The number of hydrogen-bond donors (Lipinski definition) is 1. The highest BCUT2D eigenvalue weighted by atomic mass is 16.5. The lowest BCUT2D eigenvalue weighted by Gasteiger charge is -2.23. The summed E-state index contributed by atoms with van der Waals surface area (Å²) in [5.74, 6) is 1.80. The van der Waals surface area contributed by atoms with Crippen LogP contribution in [0.15, 0.2) is 60.7 Å². The average Bonchev–Trinajstić information content (AvgIpc) is 3.40. The maximum atomic E-state index is 13.9. The van der Waals surface area contributed by atoms with Crippen LogP contribution in [0.3, 0.4) is 0 Å². The van der Waals surface area contributed by atoms with Crippen molar-refractivity contribution in [2.75, 3.05) is 18.1 Å². The first-order valence-electron chi connectivity index (χ1n) is 9.79. The van der Waals surface area contributed by atoms with Crippen molar-refractivity contribution in [1.29, 1.82) is 0 Å². The number of carbonyl (C=O) groups is 1. The van der Waals surface area contributed by atoms with Gasteiger partial charge in [0.2, 0.25) is 5.91 Å². The summed E-state index contributed by atoms with van der Waals surface area (Å²) in [6.45, 7) is 1.35. The summed E-state index contributed by atoms with van der Waals surface area (Å²) >= 11 is 0. The number of phenolic OH excluding ortho intramolecular Hbond substituents is 1. The monoisotopic (exact) mass is 385 g/mol. The molecule has 144 valence electrons. The number of anilines is 1. The molecule has 0 aliphatic carbocycles. The molecule has 5 nitrogen and oxygen atoms in total. The fourth-order valence-corrected chi connectivity index (χ4v) is 4.84. The van der Waals surface area contributed by atoms with Crippen LogP contribution in [0.2, 0.25) is 0 Å². The zero-order valence-electron chi connectivity index (χ0n) is 15.7. The number of benzene rings is 3. The van der Waals surface area contributed by atoms with Crippen molar-refractivity contribution < 1.29 is 19.4 Å². The van der Waals surface area contributed by atoms with Crippen molar-refractivity contribution >= 4 is 11.6 Å². The summed E-state index contributed by atoms with van der Waals surface area (Å²) in [6, 6.07) is 19.0. The van der Waals surface area contributed by atoms with E-state index in [4.69, 9.17) is 9.47 Å². The van der Waals surface area contributed by atoms with Gasteiger partial charge in [-0.15, -0.1) is 0 Å². The minimum atomic E-state index is -0.833. The van der Waals surface area contributed by atoms with E-state index in [-0.39, 0.29) is 18.3 Å². The first-order valence-corrected chi connectivity index (χ1v) is 9.79. The molecular weight excluding hydrogens is 366 g/mol. The molecule has 0 bridgehead atoms. The van der Waals surface area contributed by atoms with Gasteiger partial charge in [0, 0.05) is 23.7 Å². The van der Waals surface area contributed by atoms with Crippen LogP contribution < -0.4 is 14.4 Å². The molecule has 3 aliphatic heterocycles. The molecular formula is C24H19NO4. The number of carbonyl (C=O) groups excluding carboxylic acids is 1. The van der Waals surface area contributed by atoms with E-state index in [0.29, 0.717) is 13.2 Å². The molecule has 5 heteroatoms. The van der Waals surface area contributed by atoms with Gasteiger partial charge in [-0.25, -0.2) is 0 Å². The predicted molar refractivity (Wildman–Crippen MR) is 108 cm³/mol. The van der Waals surface area contributed by atoms with Crippen LogP contribution in [-0.2, 0) is 23.2 Å². The fraction of sp³-hybridized carbons (Fsp3) is 0.208. The van der Waals surface area contributed by atoms with Crippen molar-refractivity contribution in [1.82, 2.24) is 0 Å². The normalized spacial score (nSPS) is 21.0. The molecule has 1 amide bonds. The van der Waals surface area contributed by atoms with Crippen molar-refractivity contribution in [2.24, 2.45) is 0 Å². The molecule has 0 saturated carbocycles. The zero-order chi connectivity index (χ0) is 19.6. The van der Waals surface area contributed by atoms with Crippen molar-refractivity contribution in [3.63, 3.8) is 0 Å². The van der Waals surface area contributed by atoms with Crippen molar-refractivity contribution in [3.05, 3.63) is 82.9 Å². The molecule has 0 aromatic heterocycles. The smallest absolute Gasteiger partial charge is 0.246 e. The Morgan fingerprint density at radius 3 is 2.76 bits per heavy atom. The van der Waals surface area contributed by atoms with Gasteiger partial charge in [0.15, 0.2) is 0 Å². The van der Waals surface area contributed by atoms with Gasteiger partial charge >= 0.3 is 0 Å². The molecule has 3 aromatic rings. The van der Waals surface area contributed by atoms with Gasteiger partial charge in [-0.3, -0.25) is 4.79 Å². The van der Waals surface area contributed by atoms with Crippen LogP contribution in [-0.4, -0.2) is 24.2 Å². The maximum absolute atomic E-state index is 13.9. The van der Waals surface area contributed by atoms with E-state index >= 15 is 0 Å². The van der Waals surface area contributed by atoms with Crippen LogP contribution in [0.25, 0.3) is 0 Å². The number of amides is 1. The minimum Gasteiger partial charge on any atom is -0.508 e. The molecule has 0 radical (unpaired) electrons. The van der Waals surface area contributed by atoms with Crippen LogP contribution in [0.1, 0.15) is 22.3 Å². The Morgan fingerprint density at radius 1 is 0.966 bits per heavy atom. The first kappa shape index (κ1) is 16.5.